The average Bonchev–Trinajstić information content (AvgIpc) is 3.16. The van der Waals surface area contributed by atoms with Crippen molar-refractivity contribution in [3.8, 4) is 11.5 Å². The Bertz CT molecular complexity index is 1500. The number of esters is 1. The highest BCUT2D eigenvalue weighted by Gasteiger charge is 2.39. The van der Waals surface area contributed by atoms with E-state index in [4.69, 9.17) is 25.8 Å². The van der Waals surface area contributed by atoms with E-state index in [0.717, 1.165) is 4.90 Å². The summed E-state index contributed by atoms with van der Waals surface area (Å²) in [5.74, 6) is -1.54. The summed E-state index contributed by atoms with van der Waals surface area (Å²) in [4.78, 5) is 52.0. The number of nitrogens with one attached hydrogen (secondary N) is 2. The van der Waals surface area contributed by atoms with E-state index >= 15 is 0 Å². The van der Waals surface area contributed by atoms with Crippen LogP contribution in [0.4, 0.5) is 17.1 Å². The van der Waals surface area contributed by atoms with Crippen molar-refractivity contribution in [2.75, 3.05) is 36.4 Å². The van der Waals surface area contributed by atoms with Crippen LogP contribution in [-0.2, 0) is 14.3 Å². The number of rotatable bonds is 9. The van der Waals surface area contributed by atoms with E-state index in [1.807, 2.05) is 0 Å². The lowest BCUT2D eigenvalue weighted by Gasteiger charge is -2.16. The van der Waals surface area contributed by atoms with Crippen LogP contribution in [-0.4, -0.2) is 44.5 Å². The Morgan fingerprint density at radius 3 is 2.36 bits per heavy atom. The SMILES string of the molecule is CCOC(=O)c1cccc(N2C(=O)C(Cl)=C(Nc3cccc(C(=O)Nc4cc(OC)ccc4OC)c3)C2=O)c1. The van der Waals surface area contributed by atoms with Gasteiger partial charge in [0.05, 0.1) is 37.8 Å². The van der Waals surface area contributed by atoms with Crippen LogP contribution >= 0.6 is 11.6 Å². The minimum atomic E-state index is -0.760. The van der Waals surface area contributed by atoms with E-state index in [1.165, 1.54) is 44.6 Å². The van der Waals surface area contributed by atoms with Gasteiger partial charge < -0.3 is 24.8 Å². The van der Waals surface area contributed by atoms with E-state index in [-0.39, 0.29) is 34.2 Å². The summed E-state index contributed by atoms with van der Waals surface area (Å²) >= 11 is 6.25. The topological polar surface area (TPSA) is 123 Å². The zero-order chi connectivity index (χ0) is 28.1. The molecule has 200 valence electrons. The molecule has 39 heavy (non-hydrogen) atoms. The highest BCUT2D eigenvalue weighted by Crippen LogP contribution is 2.32. The summed E-state index contributed by atoms with van der Waals surface area (Å²) in [6.07, 6.45) is 0. The zero-order valence-electron chi connectivity index (χ0n) is 21.2. The van der Waals surface area contributed by atoms with Crippen LogP contribution in [0.1, 0.15) is 27.6 Å². The highest BCUT2D eigenvalue weighted by atomic mass is 35.5. The Balaban J connectivity index is 1.54. The third-order valence-electron chi connectivity index (χ3n) is 5.69. The first-order chi connectivity index (χ1) is 18.8. The number of hydrogen-bond acceptors (Lipinski definition) is 8. The Hall–Kier alpha value is -4.83. The van der Waals surface area contributed by atoms with Crippen LogP contribution in [0.3, 0.4) is 0 Å². The molecule has 0 fully saturated rings. The number of anilines is 3. The van der Waals surface area contributed by atoms with Crippen LogP contribution in [0.5, 0.6) is 11.5 Å². The van der Waals surface area contributed by atoms with Gasteiger partial charge in [-0.3, -0.25) is 14.4 Å². The quantitative estimate of drug-likeness (QED) is 0.294. The molecule has 0 radical (unpaired) electrons. The molecule has 0 saturated heterocycles. The number of amides is 3. The maximum Gasteiger partial charge on any atom is 0.338 e. The Morgan fingerprint density at radius 2 is 1.64 bits per heavy atom. The molecule has 0 bridgehead atoms. The predicted molar refractivity (Wildman–Crippen MR) is 145 cm³/mol. The summed E-state index contributed by atoms with van der Waals surface area (Å²) in [5.41, 5.74) is 1.18. The molecule has 3 amide bonds. The van der Waals surface area contributed by atoms with Crippen molar-refractivity contribution in [1.29, 1.82) is 0 Å². The summed E-state index contributed by atoms with van der Waals surface area (Å²) in [6, 6.07) is 17.2. The molecule has 0 aromatic heterocycles. The molecule has 0 aliphatic carbocycles. The molecule has 0 saturated carbocycles. The van der Waals surface area contributed by atoms with E-state index in [9.17, 15) is 19.2 Å². The molecule has 10 nitrogen and oxygen atoms in total. The van der Waals surface area contributed by atoms with Crippen molar-refractivity contribution in [2.24, 2.45) is 0 Å². The number of imide groups is 1. The monoisotopic (exact) mass is 549 g/mol. The van der Waals surface area contributed by atoms with E-state index in [0.29, 0.717) is 22.9 Å². The maximum absolute atomic E-state index is 13.2. The van der Waals surface area contributed by atoms with Crippen LogP contribution < -0.4 is 25.0 Å². The summed E-state index contributed by atoms with van der Waals surface area (Å²) in [5, 5.41) is 5.28. The van der Waals surface area contributed by atoms with Crippen molar-refractivity contribution in [3.05, 3.63) is 88.6 Å². The fourth-order valence-electron chi connectivity index (χ4n) is 3.82. The molecule has 1 aliphatic rings. The maximum atomic E-state index is 13.2. The molecule has 0 spiro atoms. The fraction of sp³-hybridized carbons (Fsp3) is 0.143. The average molecular weight is 550 g/mol. The van der Waals surface area contributed by atoms with Gasteiger partial charge in [0.2, 0.25) is 0 Å². The van der Waals surface area contributed by atoms with Gasteiger partial charge in [0.25, 0.3) is 17.7 Å². The molecule has 11 heteroatoms. The molecule has 4 rings (SSSR count). The second-order valence-electron chi connectivity index (χ2n) is 8.13. The summed E-state index contributed by atoms with van der Waals surface area (Å²) < 4.78 is 15.5. The first kappa shape index (κ1) is 27.2. The number of hydrogen-bond donors (Lipinski definition) is 2. The first-order valence-electron chi connectivity index (χ1n) is 11.7. The van der Waals surface area contributed by atoms with E-state index in [1.54, 1.807) is 43.3 Å². The standard InChI is InChI=1S/C28H24ClN3O7/c1-4-39-28(36)17-8-6-10-19(14-17)32-26(34)23(29)24(27(32)35)30-18-9-5-7-16(13-18)25(33)31-21-15-20(37-2)11-12-22(21)38-3/h5-15,30H,4H2,1-3H3,(H,31,33). The van der Waals surface area contributed by atoms with Gasteiger partial charge in [0.15, 0.2) is 0 Å². The second kappa shape index (κ2) is 11.7. The number of methoxy groups -OCH3 is 2. The third kappa shape index (κ3) is 5.70. The Labute approximate surface area is 229 Å². The van der Waals surface area contributed by atoms with Crippen LogP contribution in [0.2, 0.25) is 0 Å². The number of nitrogens with zero attached hydrogens (tertiary/aromatic N) is 1. The molecule has 1 aliphatic heterocycles. The van der Waals surface area contributed by atoms with Gasteiger partial charge in [-0.25, -0.2) is 9.69 Å². The molecule has 3 aromatic carbocycles. The molecular formula is C28H24ClN3O7. The number of ether oxygens (including phenoxy) is 3. The van der Waals surface area contributed by atoms with Crippen LogP contribution in [0, 0.1) is 0 Å². The van der Waals surface area contributed by atoms with Gasteiger partial charge in [0, 0.05) is 17.3 Å². The smallest absolute Gasteiger partial charge is 0.338 e. The van der Waals surface area contributed by atoms with E-state index < -0.39 is 23.7 Å². The number of carbonyl (C=O) groups excluding carboxylic acids is 4. The lowest BCUT2D eigenvalue weighted by molar-refractivity contribution is -0.120. The van der Waals surface area contributed by atoms with Crippen LogP contribution in [0.15, 0.2) is 77.5 Å². The third-order valence-corrected chi connectivity index (χ3v) is 6.04. The van der Waals surface area contributed by atoms with Gasteiger partial charge in [-0.1, -0.05) is 23.7 Å². The molecular weight excluding hydrogens is 526 g/mol. The van der Waals surface area contributed by atoms with Gasteiger partial charge >= 0.3 is 5.97 Å². The van der Waals surface area contributed by atoms with Gasteiger partial charge in [-0.2, -0.15) is 0 Å². The van der Waals surface area contributed by atoms with Crippen molar-refractivity contribution < 1.29 is 33.4 Å². The Morgan fingerprint density at radius 1 is 0.897 bits per heavy atom. The van der Waals surface area contributed by atoms with Gasteiger partial charge in [-0.05, 0) is 55.5 Å². The second-order valence-corrected chi connectivity index (χ2v) is 8.51. The fourth-order valence-corrected chi connectivity index (χ4v) is 4.03. The zero-order valence-corrected chi connectivity index (χ0v) is 22.0. The number of halogens is 1. The molecule has 2 N–H and O–H groups in total. The minimum absolute atomic E-state index is 0.158. The largest absolute Gasteiger partial charge is 0.497 e. The Kier molecular flexibility index (Phi) is 8.16. The molecule has 0 unspecified atom stereocenters. The minimum Gasteiger partial charge on any atom is -0.497 e. The normalized spacial score (nSPS) is 12.9. The number of benzene rings is 3. The van der Waals surface area contributed by atoms with Crippen molar-refractivity contribution in [3.63, 3.8) is 0 Å². The molecule has 1 heterocycles. The summed E-state index contributed by atoms with van der Waals surface area (Å²) in [7, 11) is 2.99. The van der Waals surface area contributed by atoms with Gasteiger partial charge in [-0.15, -0.1) is 0 Å². The van der Waals surface area contributed by atoms with Crippen molar-refractivity contribution in [2.45, 2.75) is 6.92 Å². The molecule has 0 atom stereocenters. The van der Waals surface area contributed by atoms with Crippen molar-refractivity contribution in [1.82, 2.24) is 0 Å². The lowest BCUT2D eigenvalue weighted by Crippen LogP contribution is -2.32. The number of carbonyl (C=O) groups is 4. The van der Waals surface area contributed by atoms with Crippen molar-refractivity contribution >= 4 is 52.4 Å². The van der Waals surface area contributed by atoms with Gasteiger partial charge in [0.1, 0.15) is 22.2 Å². The lowest BCUT2D eigenvalue weighted by atomic mass is 10.1. The first-order valence-corrected chi connectivity index (χ1v) is 12.1. The van der Waals surface area contributed by atoms with E-state index in [2.05, 4.69) is 10.6 Å². The summed E-state index contributed by atoms with van der Waals surface area (Å²) in [6.45, 7) is 1.85. The molecule has 3 aromatic rings. The van der Waals surface area contributed by atoms with Crippen LogP contribution in [0.25, 0.3) is 0 Å². The predicted octanol–water partition coefficient (Wildman–Crippen LogP) is 4.57. The highest BCUT2D eigenvalue weighted by molar-refractivity contribution is 6.53.